The van der Waals surface area contributed by atoms with Crippen molar-refractivity contribution < 1.29 is 13.2 Å². The predicted octanol–water partition coefficient (Wildman–Crippen LogP) is 0.523. The first-order chi connectivity index (χ1) is 6.04. The second-order valence-corrected chi connectivity index (χ2v) is 5.25. The molecule has 0 N–H and O–H groups in total. The van der Waals surface area contributed by atoms with Crippen LogP contribution in [0.1, 0.15) is 6.42 Å². The van der Waals surface area contributed by atoms with Crippen molar-refractivity contribution >= 4 is 21.6 Å². The quantitative estimate of drug-likeness (QED) is 0.473. The molecule has 0 aliphatic heterocycles. The monoisotopic (exact) mass is 229 g/mol. The molecule has 0 radical (unpaired) electrons. The van der Waals surface area contributed by atoms with Gasteiger partial charge < -0.3 is 4.74 Å². The van der Waals surface area contributed by atoms with Gasteiger partial charge in [-0.25, -0.2) is 12.7 Å². The third-order valence-corrected chi connectivity index (χ3v) is 3.90. The standard InChI is InChI=1S/C7H16ClNO3S/c1-9(5-3-6-12-2)13(10,11)7-4-8/h3-7H2,1-2H3. The van der Waals surface area contributed by atoms with Gasteiger partial charge in [0.1, 0.15) is 0 Å². The zero-order chi connectivity index (χ0) is 10.3. The normalized spacial score (nSPS) is 12.3. The average molecular weight is 230 g/mol. The number of hydrogen-bond donors (Lipinski definition) is 0. The van der Waals surface area contributed by atoms with Crippen LogP contribution in [0.3, 0.4) is 0 Å². The van der Waals surface area contributed by atoms with E-state index in [1.54, 1.807) is 14.2 Å². The number of ether oxygens (including phenoxy) is 1. The predicted molar refractivity (Wildman–Crippen MR) is 53.6 cm³/mol. The Bertz CT molecular complexity index is 218. The van der Waals surface area contributed by atoms with Gasteiger partial charge in [0.2, 0.25) is 10.0 Å². The number of alkyl halides is 1. The molecular weight excluding hydrogens is 214 g/mol. The van der Waals surface area contributed by atoms with E-state index >= 15 is 0 Å². The molecule has 0 heterocycles. The molecule has 0 aromatic rings. The Kier molecular flexibility index (Phi) is 6.67. The minimum absolute atomic E-state index is 0.00195. The molecule has 0 saturated heterocycles. The summed E-state index contributed by atoms with van der Waals surface area (Å²) in [5.41, 5.74) is 0. The molecule has 0 saturated carbocycles. The second kappa shape index (κ2) is 6.59. The Morgan fingerprint density at radius 2 is 2.08 bits per heavy atom. The lowest BCUT2D eigenvalue weighted by Crippen LogP contribution is -2.31. The zero-order valence-electron chi connectivity index (χ0n) is 7.99. The Hall–Kier alpha value is 0.160. The van der Waals surface area contributed by atoms with Gasteiger partial charge in [0.05, 0.1) is 5.75 Å². The molecule has 0 aliphatic rings. The van der Waals surface area contributed by atoms with Crippen LogP contribution in [0.2, 0.25) is 0 Å². The molecule has 4 nitrogen and oxygen atoms in total. The highest BCUT2D eigenvalue weighted by Gasteiger charge is 2.15. The maximum Gasteiger partial charge on any atom is 0.215 e. The van der Waals surface area contributed by atoms with E-state index in [0.717, 1.165) is 0 Å². The molecule has 6 heteroatoms. The fraction of sp³-hybridized carbons (Fsp3) is 1.00. The molecule has 0 aromatic carbocycles. The molecule has 0 unspecified atom stereocenters. The summed E-state index contributed by atoms with van der Waals surface area (Å²) >= 11 is 5.36. The van der Waals surface area contributed by atoms with Crippen molar-refractivity contribution in [3.8, 4) is 0 Å². The molecular formula is C7H16ClNO3S. The van der Waals surface area contributed by atoms with Crippen LogP contribution in [0.4, 0.5) is 0 Å². The van der Waals surface area contributed by atoms with Crippen molar-refractivity contribution in [2.75, 3.05) is 38.9 Å². The number of nitrogens with zero attached hydrogens (tertiary/aromatic N) is 1. The molecule has 0 bridgehead atoms. The van der Waals surface area contributed by atoms with Gasteiger partial charge in [0.25, 0.3) is 0 Å². The summed E-state index contributed by atoms with van der Waals surface area (Å²) in [5.74, 6) is 0.134. The minimum atomic E-state index is -3.14. The molecule has 0 fully saturated rings. The molecule has 80 valence electrons. The van der Waals surface area contributed by atoms with Crippen LogP contribution in [-0.4, -0.2) is 51.7 Å². The molecule has 0 amide bonds. The lowest BCUT2D eigenvalue weighted by atomic mass is 10.5. The van der Waals surface area contributed by atoms with E-state index in [-0.39, 0.29) is 11.6 Å². The van der Waals surface area contributed by atoms with Crippen LogP contribution in [-0.2, 0) is 14.8 Å². The molecule has 0 spiro atoms. The number of halogens is 1. The summed E-state index contributed by atoms with van der Waals surface area (Å²) in [7, 11) is -0.00132. The van der Waals surface area contributed by atoms with E-state index < -0.39 is 10.0 Å². The van der Waals surface area contributed by atoms with E-state index in [0.29, 0.717) is 19.6 Å². The smallest absolute Gasteiger partial charge is 0.215 e. The van der Waals surface area contributed by atoms with E-state index in [2.05, 4.69) is 0 Å². The highest BCUT2D eigenvalue weighted by Crippen LogP contribution is 2.00. The van der Waals surface area contributed by atoms with E-state index in [1.807, 2.05) is 0 Å². The van der Waals surface area contributed by atoms with Crippen molar-refractivity contribution in [3.63, 3.8) is 0 Å². The third-order valence-electron chi connectivity index (χ3n) is 1.63. The number of methoxy groups -OCH3 is 1. The second-order valence-electron chi connectivity index (χ2n) is 2.67. The van der Waals surface area contributed by atoms with E-state index in [4.69, 9.17) is 16.3 Å². The highest BCUT2D eigenvalue weighted by atomic mass is 35.5. The molecule has 13 heavy (non-hydrogen) atoms. The minimum Gasteiger partial charge on any atom is -0.385 e. The topological polar surface area (TPSA) is 46.6 Å². The first-order valence-corrected chi connectivity index (χ1v) is 6.18. The Morgan fingerprint density at radius 3 is 2.54 bits per heavy atom. The first-order valence-electron chi connectivity index (χ1n) is 4.03. The van der Waals surface area contributed by atoms with Crippen LogP contribution >= 0.6 is 11.6 Å². The third kappa shape index (κ3) is 5.46. The first kappa shape index (κ1) is 13.2. The Labute approximate surface area is 84.9 Å². The summed E-state index contributed by atoms with van der Waals surface area (Å²) in [5, 5.41) is 0. The van der Waals surface area contributed by atoms with Crippen molar-refractivity contribution in [3.05, 3.63) is 0 Å². The van der Waals surface area contributed by atoms with Gasteiger partial charge in [-0.2, -0.15) is 0 Å². The zero-order valence-corrected chi connectivity index (χ0v) is 9.57. The van der Waals surface area contributed by atoms with Gasteiger partial charge in [-0.3, -0.25) is 0 Å². The summed E-state index contributed by atoms with van der Waals surface area (Å²) in [6.07, 6.45) is 0.703. The van der Waals surface area contributed by atoms with Crippen molar-refractivity contribution in [2.24, 2.45) is 0 Å². The summed E-state index contributed by atoms with van der Waals surface area (Å²) in [4.78, 5) is 0. The Balaban J connectivity index is 3.87. The van der Waals surface area contributed by atoms with Crippen molar-refractivity contribution in [1.82, 2.24) is 4.31 Å². The van der Waals surface area contributed by atoms with Crippen molar-refractivity contribution in [2.45, 2.75) is 6.42 Å². The number of rotatable bonds is 7. The van der Waals surface area contributed by atoms with E-state index in [9.17, 15) is 8.42 Å². The lowest BCUT2D eigenvalue weighted by molar-refractivity contribution is 0.189. The summed E-state index contributed by atoms with van der Waals surface area (Å²) < 4.78 is 28.8. The molecule has 0 atom stereocenters. The Morgan fingerprint density at radius 1 is 1.46 bits per heavy atom. The van der Waals surface area contributed by atoms with Gasteiger partial charge in [0, 0.05) is 33.2 Å². The number of sulfonamides is 1. The molecule has 0 rings (SSSR count). The van der Waals surface area contributed by atoms with Crippen LogP contribution in [0.5, 0.6) is 0 Å². The maximum absolute atomic E-state index is 11.3. The van der Waals surface area contributed by atoms with Gasteiger partial charge in [-0.05, 0) is 6.42 Å². The largest absolute Gasteiger partial charge is 0.385 e. The highest BCUT2D eigenvalue weighted by molar-refractivity contribution is 7.89. The average Bonchev–Trinajstić information content (AvgIpc) is 2.04. The van der Waals surface area contributed by atoms with Gasteiger partial charge in [-0.1, -0.05) is 0 Å². The lowest BCUT2D eigenvalue weighted by Gasteiger charge is -2.15. The van der Waals surface area contributed by atoms with Crippen LogP contribution in [0.25, 0.3) is 0 Å². The van der Waals surface area contributed by atoms with Gasteiger partial charge in [-0.15, -0.1) is 11.6 Å². The van der Waals surface area contributed by atoms with E-state index in [1.165, 1.54) is 4.31 Å². The van der Waals surface area contributed by atoms with Gasteiger partial charge >= 0.3 is 0 Å². The number of hydrogen-bond acceptors (Lipinski definition) is 3. The molecule has 0 aliphatic carbocycles. The molecule has 0 aromatic heterocycles. The summed E-state index contributed by atoms with van der Waals surface area (Å²) in [6.45, 7) is 1.05. The fourth-order valence-corrected chi connectivity index (χ4v) is 2.32. The van der Waals surface area contributed by atoms with Crippen LogP contribution < -0.4 is 0 Å². The SMILES string of the molecule is COCCCN(C)S(=O)(=O)CCCl. The summed E-state index contributed by atoms with van der Waals surface area (Å²) in [6, 6.07) is 0. The fourth-order valence-electron chi connectivity index (χ4n) is 0.824. The van der Waals surface area contributed by atoms with Gasteiger partial charge in [0.15, 0.2) is 0 Å². The van der Waals surface area contributed by atoms with Crippen LogP contribution in [0, 0.1) is 0 Å². The van der Waals surface area contributed by atoms with Crippen LogP contribution in [0.15, 0.2) is 0 Å². The maximum atomic E-state index is 11.3. The van der Waals surface area contributed by atoms with Crippen molar-refractivity contribution in [1.29, 1.82) is 0 Å².